The Balaban J connectivity index is 1.73. The fraction of sp³-hybridized carbons (Fsp3) is 0.320. The number of sulfonamides is 1. The van der Waals surface area contributed by atoms with Crippen LogP contribution in [0.25, 0.3) is 17.0 Å². The van der Waals surface area contributed by atoms with E-state index in [0.717, 1.165) is 16.4 Å². The largest absolute Gasteiger partial charge is 0.504 e. The van der Waals surface area contributed by atoms with Crippen molar-refractivity contribution in [2.75, 3.05) is 29.9 Å². The highest BCUT2D eigenvalue weighted by Crippen LogP contribution is 2.36. The smallest absolute Gasteiger partial charge is 0.416 e. The molecule has 202 valence electrons. The van der Waals surface area contributed by atoms with Crippen LogP contribution in [0.4, 0.5) is 19.0 Å². The van der Waals surface area contributed by atoms with E-state index < -0.39 is 39.1 Å². The van der Waals surface area contributed by atoms with Gasteiger partial charge in [0, 0.05) is 24.7 Å². The Kier molecular flexibility index (Phi) is 7.94. The zero-order chi connectivity index (χ0) is 27.7. The Hall–Kier alpha value is -3.24. The van der Waals surface area contributed by atoms with E-state index in [9.17, 15) is 31.5 Å². The lowest BCUT2D eigenvalue weighted by Gasteiger charge is -2.28. The Bertz CT molecular complexity index is 1490. The van der Waals surface area contributed by atoms with Crippen LogP contribution in [0.3, 0.4) is 0 Å². The summed E-state index contributed by atoms with van der Waals surface area (Å²) in [5, 5.41) is 13.7. The fourth-order valence-corrected chi connectivity index (χ4v) is 6.02. The molecule has 1 amide bonds. The number of hydrogen-bond acceptors (Lipinski definition) is 6. The van der Waals surface area contributed by atoms with E-state index >= 15 is 0 Å². The molecule has 38 heavy (non-hydrogen) atoms. The number of benzene rings is 1. The van der Waals surface area contributed by atoms with Gasteiger partial charge in [-0.05, 0) is 55.5 Å². The maximum absolute atomic E-state index is 13.0. The quantitative estimate of drug-likeness (QED) is 0.410. The maximum Gasteiger partial charge on any atom is 0.416 e. The van der Waals surface area contributed by atoms with Crippen LogP contribution in [0, 0.1) is 0 Å². The first-order chi connectivity index (χ1) is 17.9. The monoisotopic (exact) mass is 566 g/mol. The number of nitrogens with one attached hydrogen (secondary N) is 1. The minimum absolute atomic E-state index is 0.00445. The van der Waals surface area contributed by atoms with Crippen LogP contribution in [-0.4, -0.2) is 55.0 Å². The van der Waals surface area contributed by atoms with Crippen LogP contribution in [-0.2, 0) is 22.7 Å². The van der Waals surface area contributed by atoms with Crippen molar-refractivity contribution >= 4 is 46.6 Å². The summed E-state index contributed by atoms with van der Waals surface area (Å²) < 4.78 is 65.4. The van der Waals surface area contributed by atoms with Gasteiger partial charge >= 0.3 is 6.18 Å². The molecule has 1 aromatic carbocycles. The number of anilines is 1. The van der Waals surface area contributed by atoms with Crippen molar-refractivity contribution in [1.29, 1.82) is 0 Å². The highest BCUT2D eigenvalue weighted by atomic mass is 32.2. The lowest BCUT2D eigenvalue weighted by molar-refractivity contribution is -0.137. The third-order valence-electron chi connectivity index (χ3n) is 5.92. The summed E-state index contributed by atoms with van der Waals surface area (Å²) >= 11 is 0. The molecule has 2 aromatic heterocycles. The summed E-state index contributed by atoms with van der Waals surface area (Å²) in [6, 6.07) is 5.95. The number of rotatable bonds is 6. The number of aromatic hydroxyl groups is 1. The number of aromatic nitrogens is 2. The maximum atomic E-state index is 13.0. The molecule has 3 aromatic rings. The van der Waals surface area contributed by atoms with E-state index in [1.54, 1.807) is 6.07 Å². The van der Waals surface area contributed by atoms with E-state index in [2.05, 4.69) is 28.6 Å². The minimum atomic E-state index is -4.48. The Morgan fingerprint density at radius 1 is 1.21 bits per heavy atom. The van der Waals surface area contributed by atoms with Gasteiger partial charge in [0.05, 0.1) is 11.3 Å². The normalized spacial score (nSPS) is 15.9. The molecule has 8 nitrogen and oxygen atoms in total. The molecule has 0 unspecified atom stereocenters. The van der Waals surface area contributed by atoms with Gasteiger partial charge in [0.25, 0.3) is 5.91 Å². The summed E-state index contributed by atoms with van der Waals surface area (Å²) in [5.74, 6) is 0.580. The van der Waals surface area contributed by atoms with Crippen molar-refractivity contribution in [3.8, 4) is 5.75 Å². The fourth-order valence-electron chi connectivity index (χ4n) is 3.95. The summed E-state index contributed by atoms with van der Waals surface area (Å²) in [6.45, 7) is 4.16. The first-order valence-electron chi connectivity index (χ1n) is 11.7. The van der Waals surface area contributed by atoms with Crippen molar-refractivity contribution < 1.29 is 31.5 Å². The second kappa shape index (κ2) is 10.9. The SMILES string of the molecule is CP(C)/C=C/c1cnc2c(O)c(C(=O)NCc3ccc(C(F)(F)F)cc3)nc(N3CCCCS3(=O)=O)c2c1. The Labute approximate surface area is 219 Å². The predicted octanol–water partition coefficient (Wildman–Crippen LogP) is 4.93. The average Bonchev–Trinajstić information content (AvgIpc) is 2.86. The average molecular weight is 567 g/mol. The first-order valence-corrected chi connectivity index (χ1v) is 15.6. The van der Waals surface area contributed by atoms with Gasteiger partial charge < -0.3 is 10.4 Å². The zero-order valence-corrected chi connectivity index (χ0v) is 22.4. The first kappa shape index (κ1) is 27.8. The van der Waals surface area contributed by atoms with Crippen molar-refractivity contribution in [3.63, 3.8) is 0 Å². The van der Waals surface area contributed by atoms with Crippen molar-refractivity contribution in [1.82, 2.24) is 15.3 Å². The highest BCUT2D eigenvalue weighted by Gasteiger charge is 2.32. The summed E-state index contributed by atoms with van der Waals surface area (Å²) in [6.07, 6.45) is -0.0178. The number of halogens is 3. The molecule has 1 saturated heterocycles. The minimum Gasteiger partial charge on any atom is -0.504 e. The van der Waals surface area contributed by atoms with Gasteiger partial charge in [0.1, 0.15) is 5.52 Å². The molecular formula is C25H26F3N4O4PS. The predicted molar refractivity (Wildman–Crippen MR) is 142 cm³/mol. The summed E-state index contributed by atoms with van der Waals surface area (Å²) in [5.41, 5.74) is -0.148. The van der Waals surface area contributed by atoms with Crippen molar-refractivity contribution in [3.05, 3.63) is 64.7 Å². The van der Waals surface area contributed by atoms with Crippen LogP contribution in [0.1, 0.15) is 40.0 Å². The number of amides is 1. The molecule has 2 N–H and O–H groups in total. The molecule has 0 saturated carbocycles. The van der Waals surface area contributed by atoms with Gasteiger partial charge in [0.2, 0.25) is 10.0 Å². The van der Waals surface area contributed by atoms with Gasteiger partial charge in [-0.3, -0.25) is 14.1 Å². The van der Waals surface area contributed by atoms with Gasteiger partial charge in [-0.25, -0.2) is 13.4 Å². The number of carbonyl (C=O) groups is 1. The molecule has 0 atom stereocenters. The molecule has 13 heteroatoms. The number of hydrogen-bond donors (Lipinski definition) is 2. The van der Waals surface area contributed by atoms with E-state index in [1.807, 2.05) is 11.9 Å². The number of carbonyl (C=O) groups excluding carboxylic acids is 1. The van der Waals surface area contributed by atoms with Gasteiger partial charge in [0.15, 0.2) is 17.3 Å². The molecule has 1 aliphatic rings. The third-order valence-corrected chi connectivity index (χ3v) is 8.49. The van der Waals surface area contributed by atoms with E-state index in [4.69, 9.17) is 0 Å². The molecule has 0 bridgehead atoms. The summed E-state index contributed by atoms with van der Waals surface area (Å²) in [4.78, 5) is 21.6. The van der Waals surface area contributed by atoms with Crippen molar-refractivity contribution in [2.24, 2.45) is 0 Å². The van der Waals surface area contributed by atoms with Crippen LogP contribution in [0.15, 0.2) is 42.3 Å². The van der Waals surface area contributed by atoms with E-state index in [1.165, 1.54) is 18.3 Å². The summed E-state index contributed by atoms with van der Waals surface area (Å²) in [7, 11) is -4.05. The van der Waals surface area contributed by atoms with E-state index in [-0.39, 0.29) is 43.5 Å². The molecule has 1 fully saturated rings. The standard InChI is InChI=1S/C25H26F3N4O4PS/c1-37(2)11-9-17-13-19-20(29-15-17)22(33)21(31-23(19)32-10-3-4-12-38(32,35)36)24(34)30-14-16-5-7-18(8-6-16)25(26,27)28/h5-9,11,13,15,33H,3-4,10,12,14H2,1-2H3,(H,30,34)/b11-9+. The van der Waals surface area contributed by atoms with Crippen LogP contribution in [0.2, 0.25) is 0 Å². The van der Waals surface area contributed by atoms with Crippen LogP contribution >= 0.6 is 7.92 Å². The lowest BCUT2D eigenvalue weighted by Crippen LogP contribution is -2.39. The second-order valence-electron chi connectivity index (χ2n) is 9.05. The van der Waals surface area contributed by atoms with Crippen LogP contribution < -0.4 is 9.62 Å². The zero-order valence-electron chi connectivity index (χ0n) is 20.7. The molecule has 1 aliphatic heterocycles. The molecule has 4 rings (SSSR count). The molecule has 0 radical (unpaired) electrons. The van der Waals surface area contributed by atoms with Gasteiger partial charge in [-0.15, -0.1) is 0 Å². The number of alkyl halides is 3. The van der Waals surface area contributed by atoms with Gasteiger partial charge in [-0.2, -0.15) is 13.2 Å². The topological polar surface area (TPSA) is 112 Å². The van der Waals surface area contributed by atoms with E-state index in [0.29, 0.717) is 24.0 Å². The van der Waals surface area contributed by atoms with Gasteiger partial charge in [-0.1, -0.05) is 31.9 Å². The van der Waals surface area contributed by atoms with Crippen molar-refractivity contribution in [2.45, 2.75) is 25.6 Å². The Morgan fingerprint density at radius 3 is 2.55 bits per heavy atom. The number of pyridine rings is 2. The molecule has 0 aliphatic carbocycles. The number of nitrogens with zero attached hydrogens (tertiary/aromatic N) is 3. The second-order valence-corrected chi connectivity index (χ2v) is 13.3. The highest BCUT2D eigenvalue weighted by molar-refractivity contribution is 7.92. The molecular weight excluding hydrogens is 540 g/mol. The third kappa shape index (κ3) is 6.07. The molecule has 3 heterocycles. The number of fused-ring (bicyclic) bond motifs is 1. The Morgan fingerprint density at radius 2 is 1.92 bits per heavy atom. The molecule has 0 spiro atoms. The van der Waals surface area contributed by atoms with Crippen LogP contribution in [0.5, 0.6) is 5.75 Å². The lowest BCUT2D eigenvalue weighted by atomic mass is 10.1.